The number of carbonyl (C=O) groups excluding carboxylic acids is 1. The SMILES string of the molecule is CC12C=CC(=O)C=C1CCC1C2C(O)CC2(C)C1CC1CN(Cc3cc4ccccc4o3)OC12C(C)(O)CO. The van der Waals surface area contributed by atoms with E-state index < -0.39 is 29.3 Å². The van der Waals surface area contributed by atoms with Crippen LogP contribution in [0.25, 0.3) is 11.0 Å². The summed E-state index contributed by atoms with van der Waals surface area (Å²) in [5.74, 6) is 1.25. The zero-order valence-corrected chi connectivity index (χ0v) is 23.0. The van der Waals surface area contributed by atoms with E-state index in [-0.39, 0.29) is 34.9 Å². The van der Waals surface area contributed by atoms with Crippen LogP contribution in [0.4, 0.5) is 0 Å². The Morgan fingerprint density at radius 1 is 1.23 bits per heavy atom. The largest absolute Gasteiger partial charge is 0.460 e. The standard InChI is InChI=1S/C32H39NO6/c1-29-11-10-22(35)13-20(29)8-9-24-25-14-21-16-33(17-23-12-19-6-4-5-7-27(19)38-23)39-32(21,31(3,37)18-34)30(25,2)15-26(36)28(24)29/h4-7,10-13,21,24-26,28,34,36-37H,8-9,14-18H2,1-3H3. The van der Waals surface area contributed by atoms with Crippen LogP contribution in [0.3, 0.4) is 0 Å². The van der Waals surface area contributed by atoms with Crippen molar-refractivity contribution in [3.05, 3.63) is 59.9 Å². The molecule has 4 aliphatic carbocycles. The summed E-state index contributed by atoms with van der Waals surface area (Å²) >= 11 is 0. The summed E-state index contributed by atoms with van der Waals surface area (Å²) in [6.45, 7) is 6.66. The van der Waals surface area contributed by atoms with Gasteiger partial charge in [-0.25, -0.2) is 0 Å². The average Bonchev–Trinajstić information content (AvgIpc) is 3.54. The topological polar surface area (TPSA) is 103 Å². The van der Waals surface area contributed by atoms with E-state index in [2.05, 4.69) is 13.8 Å². The molecule has 0 radical (unpaired) electrons. The van der Waals surface area contributed by atoms with Crippen molar-refractivity contribution in [2.45, 2.75) is 70.3 Å². The molecule has 7 nitrogen and oxygen atoms in total. The van der Waals surface area contributed by atoms with Crippen LogP contribution in [-0.2, 0) is 16.2 Å². The average molecular weight is 534 g/mol. The highest BCUT2D eigenvalue weighted by Crippen LogP contribution is 2.72. The van der Waals surface area contributed by atoms with Gasteiger partial charge in [0.05, 0.1) is 19.3 Å². The zero-order valence-electron chi connectivity index (χ0n) is 23.0. The van der Waals surface area contributed by atoms with Gasteiger partial charge in [0.2, 0.25) is 0 Å². The van der Waals surface area contributed by atoms with E-state index in [9.17, 15) is 20.1 Å². The van der Waals surface area contributed by atoms with Crippen molar-refractivity contribution in [1.29, 1.82) is 0 Å². The van der Waals surface area contributed by atoms with Gasteiger partial charge in [0.1, 0.15) is 22.5 Å². The quantitative estimate of drug-likeness (QED) is 0.542. The Morgan fingerprint density at radius 3 is 2.79 bits per heavy atom. The van der Waals surface area contributed by atoms with Crippen LogP contribution < -0.4 is 0 Å². The van der Waals surface area contributed by atoms with Crippen molar-refractivity contribution in [1.82, 2.24) is 5.06 Å². The molecule has 7 rings (SSSR count). The third-order valence-corrected chi connectivity index (χ3v) is 11.5. The van der Waals surface area contributed by atoms with Crippen molar-refractivity contribution in [2.24, 2.45) is 34.5 Å². The van der Waals surface area contributed by atoms with E-state index in [0.29, 0.717) is 19.5 Å². The molecule has 2 aromatic rings. The third-order valence-electron chi connectivity index (χ3n) is 11.5. The Balaban J connectivity index is 1.24. The summed E-state index contributed by atoms with van der Waals surface area (Å²) in [7, 11) is 0. The van der Waals surface area contributed by atoms with E-state index in [1.165, 1.54) is 0 Å². The van der Waals surface area contributed by atoms with Crippen LogP contribution in [-0.4, -0.2) is 56.6 Å². The molecule has 4 fully saturated rings. The van der Waals surface area contributed by atoms with Crippen LogP contribution in [0, 0.1) is 34.5 Å². The number of aliphatic hydroxyl groups is 3. The fourth-order valence-corrected chi connectivity index (χ4v) is 10.00. The van der Waals surface area contributed by atoms with Crippen molar-refractivity contribution < 1.29 is 29.4 Å². The number of fused-ring (bicyclic) bond motifs is 8. The lowest BCUT2D eigenvalue weighted by atomic mass is 9.45. The van der Waals surface area contributed by atoms with Crippen LogP contribution in [0.15, 0.2) is 58.6 Å². The number of para-hydroxylation sites is 1. The predicted molar refractivity (Wildman–Crippen MR) is 145 cm³/mol. The van der Waals surface area contributed by atoms with Gasteiger partial charge in [-0.1, -0.05) is 43.7 Å². The highest BCUT2D eigenvalue weighted by atomic mass is 16.7. The predicted octanol–water partition coefficient (Wildman–Crippen LogP) is 4.17. The molecule has 208 valence electrons. The van der Waals surface area contributed by atoms with Crippen LogP contribution in [0.5, 0.6) is 0 Å². The van der Waals surface area contributed by atoms with Gasteiger partial charge in [-0.05, 0) is 68.7 Å². The second-order valence-corrected chi connectivity index (χ2v) is 13.5. The normalized spacial score (nSPS) is 43.0. The number of hydrogen-bond acceptors (Lipinski definition) is 7. The van der Waals surface area contributed by atoms with Gasteiger partial charge < -0.3 is 19.7 Å². The Bertz CT molecular complexity index is 1360. The lowest BCUT2D eigenvalue weighted by Gasteiger charge is -2.61. The maximum Gasteiger partial charge on any atom is 0.178 e. The van der Waals surface area contributed by atoms with Gasteiger partial charge in [-0.3, -0.25) is 9.63 Å². The summed E-state index contributed by atoms with van der Waals surface area (Å²) in [4.78, 5) is 19.0. The van der Waals surface area contributed by atoms with E-state index >= 15 is 0 Å². The molecule has 5 aliphatic rings. The number of benzene rings is 1. The molecule has 9 atom stereocenters. The van der Waals surface area contributed by atoms with Crippen molar-refractivity contribution in [3.8, 4) is 0 Å². The minimum Gasteiger partial charge on any atom is -0.460 e. The summed E-state index contributed by atoms with van der Waals surface area (Å²) in [5.41, 5.74) is -1.50. The van der Waals surface area contributed by atoms with Gasteiger partial charge in [0.15, 0.2) is 5.78 Å². The molecular formula is C32H39NO6. The molecule has 1 aromatic carbocycles. The van der Waals surface area contributed by atoms with Crippen molar-refractivity contribution >= 4 is 16.8 Å². The van der Waals surface area contributed by atoms with Gasteiger partial charge in [0, 0.05) is 34.6 Å². The molecule has 0 spiro atoms. The molecule has 1 aromatic heterocycles. The Kier molecular flexibility index (Phi) is 5.51. The van der Waals surface area contributed by atoms with Gasteiger partial charge in [-0.2, -0.15) is 5.06 Å². The van der Waals surface area contributed by atoms with E-state index in [0.717, 1.165) is 41.6 Å². The highest BCUT2D eigenvalue weighted by Gasteiger charge is 2.77. The van der Waals surface area contributed by atoms with E-state index in [1.807, 2.05) is 41.5 Å². The molecule has 3 N–H and O–H groups in total. The van der Waals surface area contributed by atoms with Crippen LogP contribution in [0.1, 0.15) is 52.2 Å². The Labute approximate surface area is 229 Å². The maximum absolute atomic E-state index is 12.2. The number of nitrogens with zero attached hydrogens (tertiary/aromatic N) is 1. The first kappa shape index (κ1) is 25.7. The molecule has 39 heavy (non-hydrogen) atoms. The number of hydrogen-bond donors (Lipinski definition) is 3. The molecule has 1 aliphatic heterocycles. The Hall–Kier alpha value is -2.29. The molecule has 0 bridgehead atoms. The summed E-state index contributed by atoms with van der Waals surface area (Å²) < 4.78 is 6.08. The number of carbonyl (C=O) groups is 1. The second kappa shape index (κ2) is 8.37. The fraction of sp³-hybridized carbons (Fsp3) is 0.594. The number of aliphatic hydroxyl groups excluding tert-OH is 2. The smallest absolute Gasteiger partial charge is 0.178 e. The number of rotatable bonds is 4. The van der Waals surface area contributed by atoms with Gasteiger partial charge in [0.25, 0.3) is 0 Å². The highest BCUT2D eigenvalue weighted by molar-refractivity contribution is 6.01. The number of furan rings is 1. The molecule has 2 heterocycles. The van der Waals surface area contributed by atoms with Crippen LogP contribution in [0.2, 0.25) is 0 Å². The first-order valence-electron chi connectivity index (χ1n) is 14.4. The summed E-state index contributed by atoms with van der Waals surface area (Å²) in [6.07, 6.45) is 7.89. The van der Waals surface area contributed by atoms with Gasteiger partial charge in [-0.15, -0.1) is 0 Å². The van der Waals surface area contributed by atoms with Crippen molar-refractivity contribution in [2.75, 3.05) is 13.2 Å². The third kappa shape index (κ3) is 3.31. The lowest BCUT2D eigenvalue weighted by Crippen LogP contribution is -2.68. The van der Waals surface area contributed by atoms with E-state index in [1.54, 1.807) is 19.1 Å². The van der Waals surface area contributed by atoms with Gasteiger partial charge >= 0.3 is 0 Å². The number of allylic oxidation sites excluding steroid dienone is 4. The Morgan fingerprint density at radius 2 is 2.03 bits per heavy atom. The lowest BCUT2D eigenvalue weighted by molar-refractivity contribution is -0.320. The fourth-order valence-electron chi connectivity index (χ4n) is 10.00. The molecule has 7 heteroatoms. The second-order valence-electron chi connectivity index (χ2n) is 13.5. The minimum absolute atomic E-state index is 0.00142. The van der Waals surface area contributed by atoms with Crippen molar-refractivity contribution in [3.63, 3.8) is 0 Å². The summed E-state index contributed by atoms with van der Waals surface area (Å²) in [5, 5.41) is 37.2. The molecule has 3 saturated carbocycles. The molecule has 9 unspecified atom stereocenters. The van der Waals surface area contributed by atoms with E-state index in [4.69, 9.17) is 9.25 Å². The molecule has 1 saturated heterocycles. The maximum atomic E-state index is 12.2. The number of hydroxylamine groups is 2. The van der Waals surface area contributed by atoms with Crippen LogP contribution >= 0.6 is 0 Å². The molecule has 0 amide bonds. The minimum atomic E-state index is -1.50. The zero-order chi connectivity index (χ0) is 27.4. The number of ketones is 1. The molecular weight excluding hydrogens is 494 g/mol. The first-order chi connectivity index (χ1) is 18.5. The monoisotopic (exact) mass is 533 g/mol. The first-order valence-corrected chi connectivity index (χ1v) is 14.4. The summed E-state index contributed by atoms with van der Waals surface area (Å²) in [6, 6.07) is 9.94.